The number of hydrogen-bond acceptors (Lipinski definition) is 4. The standard InChI is InChI=1S/C16H17NO3/c1-12(18)16-14(19-2)7-5-8-15(16)20-11-9-13-6-3-4-10-17-13/h3-8,10H,9,11H2,1-2H3. The third-order valence-electron chi connectivity index (χ3n) is 2.90. The Hall–Kier alpha value is -2.36. The number of methoxy groups -OCH3 is 1. The van der Waals surface area contributed by atoms with Crippen molar-refractivity contribution in [1.29, 1.82) is 0 Å². The fourth-order valence-electron chi connectivity index (χ4n) is 1.96. The Kier molecular flexibility index (Phi) is 4.71. The van der Waals surface area contributed by atoms with Crippen molar-refractivity contribution in [3.05, 3.63) is 53.9 Å². The van der Waals surface area contributed by atoms with Gasteiger partial charge in [-0.25, -0.2) is 0 Å². The lowest BCUT2D eigenvalue weighted by Crippen LogP contribution is -2.07. The molecule has 0 unspecified atom stereocenters. The Balaban J connectivity index is 2.08. The number of Topliss-reactive ketones (excluding diaryl/α,β-unsaturated/α-hetero) is 1. The van der Waals surface area contributed by atoms with E-state index in [1.165, 1.54) is 6.92 Å². The molecule has 0 amide bonds. The van der Waals surface area contributed by atoms with E-state index < -0.39 is 0 Å². The van der Waals surface area contributed by atoms with Gasteiger partial charge < -0.3 is 9.47 Å². The van der Waals surface area contributed by atoms with Gasteiger partial charge in [0.1, 0.15) is 17.1 Å². The average molecular weight is 271 g/mol. The Bertz CT molecular complexity index is 582. The summed E-state index contributed by atoms with van der Waals surface area (Å²) in [4.78, 5) is 15.9. The molecule has 0 N–H and O–H groups in total. The van der Waals surface area contributed by atoms with E-state index in [0.717, 1.165) is 5.69 Å². The zero-order valence-corrected chi connectivity index (χ0v) is 11.6. The second-order valence-corrected chi connectivity index (χ2v) is 4.31. The Morgan fingerprint density at radius 2 is 1.95 bits per heavy atom. The molecule has 1 aromatic heterocycles. The van der Waals surface area contributed by atoms with Gasteiger partial charge in [-0.3, -0.25) is 9.78 Å². The van der Waals surface area contributed by atoms with Crippen molar-refractivity contribution in [1.82, 2.24) is 4.98 Å². The molecule has 0 atom stereocenters. The molecule has 0 bridgehead atoms. The van der Waals surface area contributed by atoms with Crippen molar-refractivity contribution >= 4 is 5.78 Å². The van der Waals surface area contributed by atoms with E-state index >= 15 is 0 Å². The normalized spacial score (nSPS) is 10.1. The Morgan fingerprint density at radius 1 is 1.15 bits per heavy atom. The third-order valence-corrected chi connectivity index (χ3v) is 2.90. The molecule has 0 aliphatic heterocycles. The van der Waals surface area contributed by atoms with E-state index in [1.54, 1.807) is 31.5 Å². The SMILES string of the molecule is COc1cccc(OCCc2ccccn2)c1C(C)=O. The number of hydrogen-bond donors (Lipinski definition) is 0. The van der Waals surface area contributed by atoms with E-state index in [-0.39, 0.29) is 5.78 Å². The summed E-state index contributed by atoms with van der Waals surface area (Å²) >= 11 is 0. The first kappa shape index (κ1) is 14.1. The van der Waals surface area contributed by atoms with Gasteiger partial charge in [-0.1, -0.05) is 12.1 Å². The molecule has 0 radical (unpaired) electrons. The smallest absolute Gasteiger partial charge is 0.167 e. The first-order valence-corrected chi connectivity index (χ1v) is 6.43. The highest BCUT2D eigenvalue weighted by atomic mass is 16.5. The topological polar surface area (TPSA) is 48.4 Å². The molecule has 0 saturated heterocycles. The van der Waals surface area contributed by atoms with E-state index in [0.29, 0.717) is 30.1 Å². The van der Waals surface area contributed by atoms with Crippen LogP contribution in [0.1, 0.15) is 23.0 Å². The van der Waals surface area contributed by atoms with Crippen molar-refractivity contribution in [2.24, 2.45) is 0 Å². The lowest BCUT2D eigenvalue weighted by atomic mass is 10.1. The molecule has 4 nitrogen and oxygen atoms in total. The molecule has 0 spiro atoms. The number of carbonyl (C=O) groups excluding carboxylic acids is 1. The van der Waals surface area contributed by atoms with Gasteiger partial charge in [0, 0.05) is 18.3 Å². The van der Waals surface area contributed by atoms with Gasteiger partial charge in [-0.2, -0.15) is 0 Å². The van der Waals surface area contributed by atoms with Gasteiger partial charge in [-0.05, 0) is 31.2 Å². The first-order valence-electron chi connectivity index (χ1n) is 6.43. The average Bonchev–Trinajstić information content (AvgIpc) is 2.47. The molecule has 1 aromatic carbocycles. The van der Waals surface area contributed by atoms with Crippen LogP contribution >= 0.6 is 0 Å². The molecule has 104 valence electrons. The lowest BCUT2D eigenvalue weighted by molar-refractivity contribution is 0.101. The summed E-state index contributed by atoms with van der Waals surface area (Å²) in [5.74, 6) is 1.01. The molecular weight excluding hydrogens is 254 g/mol. The lowest BCUT2D eigenvalue weighted by Gasteiger charge is -2.12. The molecule has 0 aliphatic carbocycles. The quantitative estimate of drug-likeness (QED) is 0.758. The monoisotopic (exact) mass is 271 g/mol. The van der Waals surface area contributed by atoms with Gasteiger partial charge >= 0.3 is 0 Å². The number of aromatic nitrogens is 1. The van der Waals surface area contributed by atoms with Crippen LogP contribution in [0.25, 0.3) is 0 Å². The van der Waals surface area contributed by atoms with Crippen molar-refractivity contribution in [3.63, 3.8) is 0 Å². The van der Waals surface area contributed by atoms with Crippen LogP contribution in [0.2, 0.25) is 0 Å². The van der Waals surface area contributed by atoms with Crippen molar-refractivity contribution in [2.75, 3.05) is 13.7 Å². The predicted molar refractivity (Wildman–Crippen MR) is 76.4 cm³/mol. The van der Waals surface area contributed by atoms with Crippen LogP contribution in [0.5, 0.6) is 11.5 Å². The van der Waals surface area contributed by atoms with Crippen LogP contribution in [0.15, 0.2) is 42.6 Å². The van der Waals surface area contributed by atoms with Crippen LogP contribution in [-0.2, 0) is 6.42 Å². The van der Waals surface area contributed by atoms with Crippen molar-refractivity contribution < 1.29 is 14.3 Å². The number of benzene rings is 1. The summed E-state index contributed by atoms with van der Waals surface area (Å²) in [5.41, 5.74) is 1.44. The summed E-state index contributed by atoms with van der Waals surface area (Å²) in [5, 5.41) is 0. The molecule has 20 heavy (non-hydrogen) atoms. The maximum Gasteiger partial charge on any atom is 0.167 e. The van der Waals surface area contributed by atoms with E-state index in [1.807, 2.05) is 18.2 Å². The molecule has 1 heterocycles. The third kappa shape index (κ3) is 3.35. The van der Waals surface area contributed by atoms with Gasteiger partial charge in [-0.15, -0.1) is 0 Å². The van der Waals surface area contributed by atoms with E-state index in [2.05, 4.69) is 4.98 Å². The van der Waals surface area contributed by atoms with E-state index in [9.17, 15) is 4.79 Å². The van der Waals surface area contributed by atoms with Crippen LogP contribution in [0.3, 0.4) is 0 Å². The number of pyridine rings is 1. The highest BCUT2D eigenvalue weighted by molar-refractivity contribution is 5.99. The highest BCUT2D eigenvalue weighted by Crippen LogP contribution is 2.28. The summed E-state index contributed by atoms with van der Waals surface area (Å²) in [6, 6.07) is 11.1. The maximum atomic E-state index is 11.7. The number of carbonyl (C=O) groups is 1. The van der Waals surface area contributed by atoms with Crippen molar-refractivity contribution in [2.45, 2.75) is 13.3 Å². The number of ketones is 1. The second-order valence-electron chi connectivity index (χ2n) is 4.31. The largest absolute Gasteiger partial charge is 0.496 e. The summed E-state index contributed by atoms with van der Waals surface area (Å²) < 4.78 is 10.9. The maximum absolute atomic E-state index is 11.7. The first-order chi connectivity index (χ1) is 9.72. The Morgan fingerprint density at radius 3 is 2.60 bits per heavy atom. The summed E-state index contributed by atoms with van der Waals surface area (Å²) in [7, 11) is 1.54. The van der Waals surface area contributed by atoms with Crippen LogP contribution in [0.4, 0.5) is 0 Å². The van der Waals surface area contributed by atoms with Gasteiger partial charge in [0.15, 0.2) is 5.78 Å². The highest BCUT2D eigenvalue weighted by Gasteiger charge is 2.14. The molecule has 0 aliphatic rings. The zero-order chi connectivity index (χ0) is 14.4. The Labute approximate surface area is 118 Å². The fraction of sp³-hybridized carbons (Fsp3) is 0.250. The molecule has 2 rings (SSSR count). The second kappa shape index (κ2) is 6.70. The molecular formula is C16H17NO3. The molecule has 0 fully saturated rings. The number of ether oxygens (including phenoxy) is 2. The minimum absolute atomic E-state index is 0.0738. The summed E-state index contributed by atoms with van der Waals surface area (Å²) in [6.45, 7) is 1.97. The molecule has 2 aromatic rings. The fourth-order valence-corrected chi connectivity index (χ4v) is 1.96. The van der Waals surface area contributed by atoms with Crippen molar-refractivity contribution in [3.8, 4) is 11.5 Å². The minimum Gasteiger partial charge on any atom is -0.496 e. The number of rotatable bonds is 6. The van der Waals surface area contributed by atoms with Gasteiger partial charge in [0.2, 0.25) is 0 Å². The van der Waals surface area contributed by atoms with Crippen LogP contribution in [0, 0.1) is 0 Å². The zero-order valence-electron chi connectivity index (χ0n) is 11.6. The van der Waals surface area contributed by atoms with Crippen LogP contribution < -0.4 is 9.47 Å². The summed E-state index contributed by atoms with van der Waals surface area (Å²) in [6.07, 6.45) is 2.44. The molecule has 0 saturated carbocycles. The number of nitrogens with zero attached hydrogens (tertiary/aromatic N) is 1. The van der Waals surface area contributed by atoms with Crippen LogP contribution in [-0.4, -0.2) is 24.5 Å². The van der Waals surface area contributed by atoms with Gasteiger partial charge in [0.05, 0.1) is 13.7 Å². The van der Waals surface area contributed by atoms with E-state index in [4.69, 9.17) is 9.47 Å². The minimum atomic E-state index is -0.0738. The molecule has 4 heteroatoms. The predicted octanol–water partition coefficient (Wildman–Crippen LogP) is 2.91. The van der Waals surface area contributed by atoms with Gasteiger partial charge in [0.25, 0.3) is 0 Å².